The zero-order valence-electron chi connectivity index (χ0n) is 15.8. The molecular weight excluding hydrogens is 436 g/mol. The summed E-state index contributed by atoms with van der Waals surface area (Å²) < 4.78 is 26.4. The standard InChI is InChI=1S/C18H19ClN4O6S/c1-2-3-10-20-18(25)22-30(28,29)14-7-4-12(5-8-14)21-17(24)15-11-13(23(26)27)6-9-16(15)19/h4-9,11H,2-3,10H2,1H3,(H,21,24)(H2,20,22,25). The molecule has 0 heterocycles. The summed E-state index contributed by atoms with van der Waals surface area (Å²) in [6.07, 6.45) is 1.57. The molecule has 0 fully saturated rings. The maximum absolute atomic E-state index is 12.4. The van der Waals surface area contributed by atoms with Crippen LogP contribution in [0, 0.1) is 10.1 Å². The Balaban J connectivity index is 2.09. The van der Waals surface area contributed by atoms with Crippen LogP contribution in [0.1, 0.15) is 30.1 Å². The number of rotatable bonds is 8. The van der Waals surface area contributed by atoms with Gasteiger partial charge in [-0.2, -0.15) is 0 Å². The number of non-ortho nitro benzene ring substituents is 1. The Hall–Kier alpha value is -3.18. The third-order valence-corrected chi connectivity index (χ3v) is 5.55. The molecule has 10 nitrogen and oxygen atoms in total. The number of amides is 3. The normalized spacial score (nSPS) is 10.9. The lowest BCUT2D eigenvalue weighted by molar-refractivity contribution is -0.384. The molecule has 3 N–H and O–H groups in total. The van der Waals surface area contributed by atoms with E-state index in [-0.39, 0.29) is 26.9 Å². The fraction of sp³-hybridized carbons (Fsp3) is 0.222. The second-order valence-corrected chi connectivity index (χ2v) is 8.20. The number of carbonyl (C=O) groups excluding carboxylic acids is 2. The van der Waals surface area contributed by atoms with Crippen molar-refractivity contribution < 1.29 is 22.9 Å². The molecule has 0 aliphatic heterocycles. The van der Waals surface area contributed by atoms with Crippen molar-refractivity contribution in [1.82, 2.24) is 10.0 Å². The minimum atomic E-state index is -4.09. The number of sulfonamides is 1. The number of halogens is 1. The maximum atomic E-state index is 12.4. The highest BCUT2D eigenvalue weighted by molar-refractivity contribution is 7.90. The van der Waals surface area contributed by atoms with Crippen LogP contribution in [-0.4, -0.2) is 31.8 Å². The van der Waals surface area contributed by atoms with Gasteiger partial charge < -0.3 is 10.6 Å². The molecule has 0 unspecified atom stereocenters. The monoisotopic (exact) mass is 454 g/mol. The summed E-state index contributed by atoms with van der Waals surface area (Å²) in [5, 5.41) is 15.8. The summed E-state index contributed by atoms with van der Waals surface area (Å²) in [6.45, 7) is 2.28. The number of carbonyl (C=O) groups is 2. The van der Waals surface area contributed by atoms with Crippen LogP contribution in [0.3, 0.4) is 0 Å². The Kier molecular flexibility index (Phi) is 7.72. The van der Waals surface area contributed by atoms with E-state index in [9.17, 15) is 28.1 Å². The lowest BCUT2D eigenvalue weighted by Gasteiger charge is -2.10. The first kappa shape index (κ1) is 23.1. The molecule has 2 aromatic carbocycles. The van der Waals surface area contributed by atoms with Crippen molar-refractivity contribution in [2.45, 2.75) is 24.7 Å². The first-order chi connectivity index (χ1) is 14.1. The average Bonchev–Trinajstić information content (AvgIpc) is 2.68. The van der Waals surface area contributed by atoms with Crippen LogP contribution in [0.25, 0.3) is 0 Å². The molecule has 0 aromatic heterocycles. The Morgan fingerprint density at radius 2 is 1.80 bits per heavy atom. The lowest BCUT2D eigenvalue weighted by Crippen LogP contribution is -2.39. The van der Waals surface area contributed by atoms with E-state index in [4.69, 9.17) is 11.6 Å². The van der Waals surface area contributed by atoms with Crippen LogP contribution in [0.4, 0.5) is 16.2 Å². The van der Waals surface area contributed by atoms with E-state index in [0.29, 0.717) is 6.54 Å². The van der Waals surface area contributed by atoms with E-state index >= 15 is 0 Å². The predicted octanol–water partition coefficient (Wildman–Crippen LogP) is 3.29. The molecule has 160 valence electrons. The van der Waals surface area contributed by atoms with Crippen molar-refractivity contribution in [3.05, 3.63) is 63.2 Å². The second kappa shape index (κ2) is 10.0. The molecular formula is C18H19ClN4O6S. The van der Waals surface area contributed by atoms with E-state index in [2.05, 4.69) is 10.6 Å². The van der Waals surface area contributed by atoms with Crippen molar-refractivity contribution in [3.63, 3.8) is 0 Å². The van der Waals surface area contributed by atoms with Gasteiger partial charge in [-0.1, -0.05) is 24.9 Å². The average molecular weight is 455 g/mol. The van der Waals surface area contributed by atoms with Crippen LogP contribution in [0.5, 0.6) is 0 Å². The Morgan fingerprint density at radius 3 is 2.40 bits per heavy atom. The molecule has 0 aliphatic rings. The Morgan fingerprint density at radius 1 is 1.13 bits per heavy atom. The van der Waals surface area contributed by atoms with Gasteiger partial charge in [-0.05, 0) is 36.8 Å². The van der Waals surface area contributed by atoms with Gasteiger partial charge in [0.25, 0.3) is 21.6 Å². The largest absolute Gasteiger partial charge is 0.337 e. The molecule has 12 heteroatoms. The van der Waals surface area contributed by atoms with Crippen LogP contribution in [0.2, 0.25) is 5.02 Å². The van der Waals surface area contributed by atoms with Gasteiger partial charge in [0.1, 0.15) is 0 Å². The van der Waals surface area contributed by atoms with Gasteiger partial charge in [0.2, 0.25) is 0 Å². The fourth-order valence-electron chi connectivity index (χ4n) is 2.31. The van der Waals surface area contributed by atoms with Crippen molar-refractivity contribution in [1.29, 1.82) is 0 Å². The first-order valence-electron chi connectivity index (χ1n) is 8.80. The lowest BCUT2D eigenvalue weighted by atomic mass is 10.2. The summed E-state index contributed by atoms with van der Waals surface area (Å²) in [5.74, 6) is -0.701. The van der Waals surface area contributed by atoms with Gasteiger partial charge in [0.15, 0.2) is 0 Å². The molecule has 0 atom stereocenters. The minimum Gasteiger partial charge on any atom is -0.337 e. The molecule has 2 aromatic rings. The van der Waals surface area contributed by atoms with E-state index < -0.39 is 26.9 Å². The van der Waals surface area contributed by atoms with Gasteiger partial charge in [-0.25, -0.2) is 17.9 Å². The summed E-state index contributed by atoms with van der Waals surface area (Å²) in [5.41, 5.74) is -0.170. The Bertz CT molecular complexity index is 1060. The second-order valence-electron chi connectivity index (χ2n) is 6.11. The summed E-state index contributed by atoms with van der Waals surface area (Å²) >= 11 is 5.93. The van der Waals surface area contributed by atoms with Gasteiger partial charge in [-0.3, -0.25) is 14.9 Å². The molecule has 0 saturated carbocycles. The topological polar surface area (TPSA) is 148 Å². The molecule has 30 heavy (non-hydrogen) atoms. The van der Waals surface area contributed by atoms with Crippen LogP contribution in [-0.2, 0) is 10.0 Å². The predicted molar refractivity (Wildman–Crippen MR) is 111 cm³/mol. The smallest absolute Gasteiger partial charge is 0.328 e. The molecule has 0 spiro atoms. The summed E-state index contributed by atoms with van der Waals surface area (Å²) in [7, 11) is -4.09. The highest BCUT2D eigenvalue weighted by Gasteiger charge is 2.19. The quantitative estimate of drug-likeness (QED) is 0.316. The van der Waals surface area contributed by atoms with E-state index in [1.54, 1.807) is 0 Å². The SMILES string of the molecule is CCCCNC(=O)NS(=O)(=O)c1ccc(NC(=O)c2cc([N+](=O)[O-])ccc2Cl)cc1. The highest BCUT2D eigenvalue weighted by Crippen LogP contribution is 2.23. The van der Waals surface area contributed by atoms with E-state index in [1.807, 2.05) is 11.6 Å². The fourth-order valence-corrected chi connectivity index (χ4v) is 3.44. The third kappa shape index (κ3) is 6.16. The van der Waals surface area contributed by atoms with E-state index in [1.165, 1.54) is 36.4 Å². The Labute approximate surface area is 177 Å². The number of unbranched alkanes of at least 4 members (excludes halogenated alkanes) is 1. The number of urea groups is 1. The number of nitro benzene ring substituents is 1. The maximum Gasteiger partial charge on any atom is 0.328 e. The molecule has 3 amide bonds. The first-order valence-corrected chi connectivity index (χ1v) is 10.7. The van der Waals surface area contributed by atoms with E-state index in [0.717, 1.165) is 18.9 Å². The highest BCUT2D eigenvalue weighted by atomic mass is 35.5. The number of anilines is 1. The number of nitrogens with one attached hydrogen (secondary N) is 3. The molecule has 2 rings (SSSR count). The molecule has 0 radical (unpaired) electrons. The van der Waals surface area contributed by atoms with Gasteiger partial charge >= 0.3 is 6.03 Å². The summed E-state index contributed by atoms with van der Waals surface area (Å²) in [4.78, 5) is 34.1. The van der Waals surface area contributed by atoms with Crippen molar-refractivity contribution in [3.8, 4) is 0 Å². The molecule has 0 bridgehead atoms. The number of hydrogen-bond acceptors (Lipinski definition) is 6. The van der Waals surface area contributed by atoms with Crippen molar-refractivity contribution in [2.24, 2.45) is 0 Å². The minimum absolute atomic E-state index is 0.0237. The van der Waals surface area contributed by atoms with Gasteiger partial charge in [0, 0.05) is 24.4 Å². The third-order valence-electron chi connectivity index (χ3n) is 3.87. The van der Waals surface area contributed by atoms with Crippen molar-refractivity contribution >= 4 is 44.9 Å². The van der Waals surface area contributed by atoms with Crippen molar-refractivity contribution in [2.75, 3.05) is 11.9 Å². The zero-order valence-corrected chi connectivity index (χ0v) is 17.4. The number of benzene rings is 2. The summed E-state index contributed by atoms with van der Waals surface area (Å²) in [6, 6.07) is 7.64. The number of nitro groups is 1. The number of nitrogens with zero attached hydrogens (tertiary/aromatic N) is 1. The van der Waals surface area contributed by atoms with Crippen LogP contribution in [0.15, 0.2) is 47.4 Å². The zero-order chi connectivity index (χ0) is 22.3. The molecule has 0 saturated heterocycles. The van der Waals surface area contributed by atoms with Crippen LogP contribution < -0.4 is 15.4 Å². The van der Waals surface area contributed by atoms with Gasteiger partial charge in [-0.15, -0.1) is 0 Å². The molecule has 0 aliphatic carbocycles. The van der Waals surface area contributed by atoms with Gasteiger partial charge in [0.05, 0.1) is 20.4 Å². The van der Waals surface area contributed by atoms with Crippen LogP contribution >= 0.6 is 11.6 Å². The number of hydrogen-bond donors (Lipinski definition) is 3.